The molecule has 0 saturated heterocycles. The third kappa shape index (κ3) is 95.2. The second-order valence-electron chi connectivity index (χ2n) is 6.40. The average Bonchev–Trinajstić information content (AvgIpc) is 3.34. The monoisotopic (exact) mass is 633 g/mol. The maximum atomic E-state index is 8.53. The first kappa shape index (κ1) is 50.6. The second-order valence-corrected chi connectivity index (χ2v) is 7.99. The van der Waals surface area contributed by atoms with E-state index in [1.165, 1.54) is 38.5 Å². The van der Waals surface area contributed by atoms with Crippen LogP contribution >= 0.6 is 31.9 Å². The van der Waals surface area contributed by atoms with Crippen molar-refractivity contribution in [2.75, 3.05) is 70.8 Å². The van der Waals surface area contributed by atoms with E-state index in [4.69, 9.17) is 46.6 Å². The third-order valence-electron chi connectivity index (χ3n) is 3.33. The summed E-state index contributed by atoms with van der Waals surface area (Å²) in [5.74, 6) is 0.861. The summed E-state index contributed by atoms with van der Waals surface area (Å²) < 4.78 is 0. The Bertz CT molecular complexity index is 272. The fourth-order valence-electron chi connectivity index (χ4n) is 1.87. The number of rotatable bonds is 9. The van der Waals surface area contributed by atoms with Gasteiger partial charge in [0.25, 0.3) is 6.47 Å². The predicted octanol–water partition coefficient (Wildman–Crippen LogP) is 0.222. The minimum absolute atomic E-state index is 0. The molecule has 0 radical (unpaired) electrons. The first-order valence-electron chi connectivity index (χ1n) is 10.8. The van der Waals surface area contributed by atoms with Gasteiger partial charge in [-0.15, -0.1) is 0 Å². The number of hydrogen-bond acceptors (Lipinski definition) is 9. The van der Waals surface area contributed by atoms with E-state index in [-0.39, 0.29) is 31.8 Å². The lowest BCUT2D eigenvalue weighted by Crippen LogP contribution is -2.15. The van der Waals surface area contributed by atoms with Gasteiger partial charge in [0.2, 0.25) is 0 Å². The minimum Gasteiger partial charge on any atom is -0.483 e. The topological polar surface area (TPSA) is 222 Å². The highest BCUT2D eigenvalue weighted by Gasteiger charge is 2.12. The average molecular weight is 635 g/mol. The van der Waals surface area contributed by atoms with Crippen molar-refractivity contribution in [3.8, 4) is 0 Å². The molecule has 1 aliphatic rings. The van der Waals surface area contributed by atoms with Gasteiger partial charge in [-0.2, -0.15) is 0 Å². The number of carboxylic acid groups (broad SMARTS) is 1. The van der Waals surface area contributed by atoms with Crippen molar-refractivity contribution in [3.63, 3.8) is 0 Å². The van der Waals surface area contributed by atoms with Crippen molar-refractivity contribution >= 4 is 45.1 Å². The largest absolute Gasteiger partial charge is 0.483 e. The molecule has 0 heterocycles. The van der Waals surface area contributed by atoms with Gasteiger partial charge in [0, 0.05) is 36.9 Å². The zero-order valence-corrected chi connectivity index (χ0v) is 24.3. The van der Waals surface area contributed by atoms with Gasteiger partial charge in [-0.1, -0.05) is 57.5 Å². The quantitative estimate of drug-likeness (QED) is 0.104. The molecule has 11 N–H and O–H groups in total. The van der Waals surface area contributed by atoms with Gasteiger partial charge in [0.05, 0.1) is 19.8 Å². The van der Waals surface area contributed by atoms with Crippen molar-refractivity contribution in [2.24, 2.45) is 17.4 Å². The van der Waals surface area contributed by atoms with E-state index < -0.39 is 0 Å². The van der Waals surface area contributed by atoms with E-state index in [1.807, 2.05) is 25.8 Å². The molecule has 0 amide bonds. The number of carbonyl (C=O) groups excluding carboxylic acids is 1. The van der Waals surface area contributed by atoms with E-state index in [9.17, 15) is 0 Å². The van der Waals surface area contributed by atoms with E-state index in [0.29, 0.717) is 19.7 Å². The summed E-state index contributed by atoms with van der Waals surface area (Å²) in [6.07, 6.45) is 9.12. The van der Waals surface area contributed by atoms with Crippen LogP contribution in [-0.2, 0) is 9.59 Å². The molecule has 1 rings (SSSR count). The van der Waals surface area contributed by atoms with E-state index in [0.717, 1.165) is 29.5 Å². The molecular formula is C21H53Br2N3O8. The van der Waals surface area contributed by atoms with Crippen LogP contribution in [0.2, 0.25) is 0 Å². The van der Waals surface area contributed by atoms with Crippen LogP contribution in [0, 0.1) is 5.92 Å². The van der Waals surface area contributed by atoms with Crippen LogP contribution in [0.25, 0.3) is 0 Å². The highest BCUT2D eigenvalue weighted by Crippen LogP contribution is 2.26. The molecule has 1 fully saturated rings. The Labute approximate surface area is 223 Å². The van der Waals surface area contributed by atoms with Gasteiger partial charge in [0.15, 0.2) is 0 Å². The highest BCUT2D eigenvalue weighted by atomic mass is 79.9. The number of halogens is 2. The predicted molar refractivity (Wildman–Crippen MR) is 148 cm³/mol. The fraction of sp³-hybridized carbons (Fsp3) is 0.905. The molecule has 1 saturated carbocycles. The minimum atomic E-state index is -0.250. The molecule has 1 aliphatic carbocycles. The number of alkyl halides is 2. The lowest BCUT2D eigenvalue weighted by Gasteiger charge is -2.03. The van der Waals surface area contributed by atoms with Crippen LogP contribution < -0.4 is 11.5 Å². The molecule has 0 aromatic carbocycles. The Morgan fingerprint density at radius 3 is 1.35 bits per heavy atom. The standard InChI is InChI=1S/C7H14O.C4H8Br2.C4H11NO.2C2H7NO.CH2O2.CH2O.H2O/c8-6-5-7-3-1-2-4-7;5-3-1-2-4-6;1-5(2)3-4-6;2*3-1-2-4;2-1-3;1-2;/h7-8H,1-6H2;1-4H2;6H,3-4H2,1-2H3;2*4H,1-3H2;1H,(H,2,3);1H2;1H2. The molecule has 0 unspecified atom stereocenters. The summed E-state index contributed by atoms with van der Waals surface area (Å²) in [6.45, 7) is 4.11. The number of aliphatic hydroxyl groups excluding tert-OH is 4. The lowest BCUT2D eigenvalue weighted by molar-refractivity contribution is -0.122. The summed E-state index contributed by atoms with van der Waals surface area (Å²) in [5, 5.41) is 41.4. The molecule has 13 heteroatoms. The molecule has 0 atom stereocenters. The van der Waals surface area contributed by atoms with Crippen LogP contribution in [0.15, 0.2) is 0 Å². The number of hydrogen-bond donors (Lipinski definition) is 7. The Balaban J connectivity index is -0.0000000519. The number of carbonyl (C=O) groups is 2. The Kier molecular flexibility index (Phi) is 95.0. The molecule has 0 aliphatic heterocycles. The van der Waals surface area contributed by atoms with Crippen molar-refractivity contribution < 1.29 is 40.6 Å². The molecule has 0 aromatic rings. The molecule has 34 heavy (non-hydrogen) atoms. The third-order valence-corrected chi connectivity index (χ3v) is 4.46. The first-order chi connectivity index (χ1) is 15.9. The second kappa shape index (κ2) is 63.8. The number of nitrogens with two attached hydrogens (primary N) is 2. The zero-order valence-electron chi connectivity index (χ0n) is 21.1. The van der Waals surface area contributed by atoms with Gasteiger partial charge >= 0.3 is 0 Å². The number of nitrogens with zero attached hydrogens (tertiary/aromatic N) is 1. The fourth-order valence-corrected chi connectivity index (χ4v) is 2.66. The zero-order chi connectivity index (χ0) is 27.2. The van der Waals surface area contributed by atoms with Crippen molar-refractivity contribution in [1.82, 2.24) is 4.90 Å². The van der Waals surface area contributed by atoms with Crippen molar-refractivity contribution in [3.05, 3.63) is 0 Å². The molecular weight excluding hydrogens is 582 g/mol. The van der Waals surface area contributed by atoms with Crippen LogP contribution in [0.3, 0.4) is 0 Å². The van der Waals surface area contributed by atoms with Crippen LogP contribution in [0.1, 0.15) is 44.9 Å². The van der Waals surface area contributed by atoms with E-state index in [1.54, 1.807) is 0 Å². The van der Waals surface area contributed by atoms with Crippen LogP contribution in [0.5, 0.6) is 0 Å². The first-order valence-corrected chi connectivity index (χ1v) is 13.1. The summed E-state index contributed by atoms with van der Waals surface area (Å²) in [6, 6.07) is 0. The summed E-state index contributed by atoms with van der Waals surface area (Å²) in [7, 11) is 3.85. The van der Waals surface area contributed by atoms with Gasteiger partial charge in [0.1, 0.15) is 6.79 Å². The Morgan fingerprint density at radius 2 is 1.21 bits per heavy atom. The van der Waals surface area contributed by atoms with E-state index in [2.05, 4.69) is 31.9 Å². The summed E-state index contributed by atoms with van der Waals surface area (Å²) in [4.78, 5) is 18.3. The summed E-state index contributed by atoms with van der Waals surface area (Å²) in [5.41, 5.74) is 9.56. The van der Waals surface area contributed by atoms with Crippen LogP contribution in [-0.4, -0.2) is 120 Å². The van der Waals surface area contributed by atoms with Crippen molar-refractivity contribution in [1.29, 1.82) is 0 Å². The van der Waals surface area contributed by atoms with Crippen molar-refractivity contribution in [2.45, 2.75) is 44.9 Å². The Morgan fingerprint density at radius 1 is 0.882 bits per heavy atom. The SMILES string of the molecule is BrCCCCBr.C=O.CN(C)CCO.NCCO.NCCO.O.O=CO.OCCC1CCCC1. The van der Waals surface area contributed by atoms with Crippen LogP contribution in [0.4, 0.5) is 0 Å². The van der Waals surface area contributed by atoms with Gasteiger partial charge in [-0.05, 0) is 39.3 Å². The number of likely N-dealkylation sites (N-methyl/N-ethyl adjacent to an activating group) is 1. The Hall–Kier alpha value is -0.220. The van der Waals surface area contributed by atoms with E-state index >= 15 is 0 Å². The molecule has 0 spiro atoms. The normalized spacial score (nSPS) is 10.8. The smallest absolute Gasteiger partial charge is 0.290 e. The summed E-state index contributed by atoms with van der Waals surface area (Å²) >= 11 is 6.66. The number of aliphatic hydroxyl groups is 4. The number of unbranched alkanes of at least 4 members (excludes halogenated alkanes) is 1. The molecule has 0 bridgehead atoms. The van der Waals surface area contributed by atoms with Gasteiger partial charge in [-0.25, -0.2) is 0 Å². The van der Waals surface area contributed by atoms with Gasteiger partial charge in [-0.3, -0.25) is 4.79 Å². The molecule has 0 aromatic heterocycles. The maximum Gasteiger partial charge on any atom is 0.290 e. The molecule has 214 valence electrons. The lowest BCUT2D eigenvalue weighted by atomic mass is 10.1. The van der Waals surface area contributed by atoms with Gasteiger partial charge < -0.3 is 52.2 Å². The highest BCUT2D eigenvalue weighted by molar-refractivity contribution is 9.09. The molecule has 11 nitrogen and oxygen atoms in total. The maximum absolute atomic E-state index is 8.53.